The van der Waals surface area contributed by atoms with Crippen LogP contribution in [0, 0.1) is 0 Å². The van der Waals surface area contributed by atoms with Crippen molar-refractivity contribution in [3.8, 4) is 11.6 Å². The number of aromatic nitrogens is 2. The third-order valence-corrected chi connectivity index (χ3v) is 4.13. The largest absolute Gasteiger partial charge is 0.436 e. The van der Waals surface area contributed by atoms with E-state index < -0.39 is 0 Å². The molecule has 0 saturated heterocycles. The summed E-state index contributed by atoms with van der Waals surface area (Å²) in [5.41, 5.74) is 1.72. The molecule has 0 bridgehead atoms. The van der Waals surface area contributed by atoms with Crippen molar-refractivity contribution in [2.24, 2.45) is 0 Å². The SMILES string of the molecule is O=C(CN1C(=O)c2ccccc2Oc2ncccc21)NCc1cccnc1. The van der Waals surface area contributed by atoms with Crippen LogP contribution in [-0.4, -0.2) is 28.3 Å². The van der Waals surface area contributed by atoms with Crippen molar-refractivity contribution in [2.45, 2.75) is 6.54 Å². The number of ether oxygens (including phenoxy) is 1. The first-order chi connectivity index (χ1) is 13.2. The van der Waals surface area contributed by atoms with E-state index in [4.69, 9.17) is 4.74 Å². The smallest absolute Gasteiger partial charge is 0.262 e. The Morgan fingerprint density at radius 1 is 1.07 bits per heavy atom. The Labute approximate surface area is 155 Å². The number of pyridine rings is 2. The zero-order valence-corrected chi connectivity index (χ0v) is 14.3. The van der Waals surface area contributed by atoms with Crippen molar-refractivity contribution in [2.75, 3.05) is 11.4 Å². The van der Waals surface area contributed by atoms with E-state index in [0.29, 0.717) is 23.5 Å². The van der Waals surface area contributed by atoms with Gasteiger partial charge in [-0.15, -0.1) is 0 Å². The molecule has 0 saturated carbocycles. The van der Waals surface area contributed by atoms with Gasteiger partial charge in [0.05, 0.1) is 5.56 Å². The lowest BCUT2D eigenvalue weighted by Gasteiger charge is -2.21. The van der Waals surface area contributed by atoms with Gasteiger partial charge in [-0.1, -0.05) is 18.2 Å². The van der Waals surface area contributed by atoms with Crippen LogP contribution in [-0.2, 0) is 11.3 Å². The predicted octanol–water partition coefficient (Wildman–Crippen LogP) is 2.55. The maximum absolute atomic E-state index is 13.0. The van der Waals surface area contributed by atoms with Gasteiger partial charge in [-0.25, -0.2) is 4.98 Å². The molecule has 3 aromatic rings. The number of rotatable bonds is 4. The van der Waals surface area contributed by atoms with Gasteiger partial charge in [0.1, 0.15) is 18.0 Å². The van der Waals surface area contributed by atoms with E-state index in [1.165, 1.54) is 4.90 Å². The van der Waals surface area contributed by atoms with Crippen molar-refractivity contribution in [1.29, 1.82) is 0 Å². The number of hydrogen-bond acceptors (Lipinski definition) is 5. The molecule has 3 heterocycles. The van der Waals surface area contributed by atoms with Crippen molar-refractivity contribution in [3.63, 3.8) is 0 Å². The molecule has 1 N–H and O–H groups in total. The van der Waals surface area contributed by atoms with E-state index in [0.717, 1.165) is 5.56 Å². The average Bonchev–Trinajstić information content (AvgIpc) is 2.82. The second kappa shape index (κ2) is 7.25. The molecule has 0 atom stereocenters. The van der Waals surface area contributed by atoms with Crippen LogP contribution in [0.15, 0.2) is 67.1 Å². The van der Waals surface area contributed by atoms with Crippen LogP contribution in [0.25, 0.3) is 0 Å². The summed E-state index contributed by atoms with van der Waals surface area (Å²) in [6, 6.07) is 14.0. The molecule has 2 amide bonds. The van der Waals surface area contributed by atoms with Crippen molar-refractivity contribution in [1.82, 2.24) is 15.3 Å². The zero-order chi connectivity index (χ0) is 18.6. The molecule has 0 radical (unpaired) electrons. The van der Waals surface area contributed by atoms with Gasteiger partial charge in [-0.05, 0) is 35.9 Å². The predicted molar refractivity (Wildman–Crippen MR) is 98.5 cm³/mol. The number of carbonyl (C=O) groups excluding carboxylic acids is 2. The van der Waals surface area contributed by atoms with E-state index in [1.807, 2.05) is 6.07 Å². The number of nitrogens with zero attached hydrogens (tertiary/aromatic N) is 3. The van der Waals surface area contributed by atoms with Crippen LogP contribution in [0.3, 0.4) is 0 Å². The minimum atomic E-state index is -0.311. The second-order valence-electron chi connectivity index (χ2n) is 5.96. The molecule has 0 aliphatic carbocycles. The Balaban J connectivity index is 1.59. The van der Waals surface area contributed by atoms with E-state index >= 15 is 0 Å². The molecule has 0 spiro atoms. The Bertz CT molecular complexity index is 991. The summed E-state index contributed by atoms with van der Waals surface area (Å²) >= 11 is 0. The maximum Gasteiger partial charge on any atom is 0.262 e. The Hall–Kier alpha value is -3.74. The molecular formula is C20H16N4O3. The summed E-state index contributed by atoms with van der Waals surface area (Å²) in [4.78, 5) is 35.1. The summed E-state index contributed by atoms with van der Waals surface area (Å²) in [7, 11) is 0. The molecule has 4 rings (SSSR count). The van der Waals surface area contributed by atoms with Gasteiger partial charge in [0.15, 0.2) is 0 Å². The van der Waals surface area contributed by atoms with Gasteiger partial charge in [0.2, 0.25) is 11.8 Å². The van der Waals surface area contributed by atoms with E-state index in [1.54, 1.807) is 61.1 Å². The number of hydrogen-bond donors (Lipinski definition) is 1. The number of carbonyl (C=O) groups is 2. The molecule has 2 aromatic heterocycles. The lowest BCUT2D eigenvalue weighted by molar-refractivity contribution is -0.119. The molecular weight excluding hydrogens is 344 g/mol. The quantitative estimate of drug-likeness (QED) is 0.773. The number of para-hydroxylation sites is 1. The second-order valence-corrected chi connectivity index (χ2v) is 5.96. The molecule has 1 aliphatic rings. The highest BCUT2D eigenvalue weighted by molar-refractivity contribution is 6.11. The summed E-state index contributed by atoms with van der Waals surface area (Å²) in [5, 5.41) is 2.81. The zero-order valence-electron chi connectivity index (χ0n) is 14.3. The fourth-order valence-corrected chi connectivity index (χ4v) is 2.82. The maximum atomic E-state index is 13.0. The Morgan fingerprint density at radius 3 is 2.78 bits per heavy atom. The molecule has 1 aliphatic heterocycles. The number of nitrogens with one attached hydrogen (secondary N) is 1. The molecule has 1 aromatic carbocycles. The van der Waals surface area contributed by atoms with Crippen LogP contribution in [0.2, 0.25) is 0 Å². The highest BCUT2D eigenvalue weighted by Gasteiger charge is 2.30. The van der Waals surface area contributed by atoms with Gasteiger partial charge >= 0.3 is 0 Å². The summed E-state index contributed by atoms with van der Waals surface area (Å²) < 4.78 is 5.80. The number of amides is 2. The Kier molecular flexibility index (Phi) is 4.49. The van der Waals surface area contributed by atoms with Crippen LogP contribution in [0.1, 0.15) is 15.9 Å². The lowest BCUT2D eigenvalue weighted by Crippen LogP contribution is -2.40. The highest BCUT2D eigenvalue weighted by atomic mass is 16.5. The van der Waals surface area contributed by atoms with Crippen LogP contribution >= 0.6 is 0 Å². The fourth-order valence-electron chi connectivity index (χ4n) is 2.82. The van der Waals surface area contributed by atoms with E-state index in [-0.39, 0.29) is 24.2 Å². The van der Waals surface area contributed by atoms with Crippen LogP contribution < -0.4 is 15.0 Å². The van der Waals surface area contributed by atoms with Gasteiger partial charge < -0.3 is 10.1 Å². The van der Waals surface area contributed by atoms with E-state index in [2.05, 4.69) is 15.3 Å². The summed E-state index contributed by atoms with van der Waals surface area (Å²) in [6.07, 6.45) is 4.93. The molecule has 7 heteroatoms. The first-order valence-electron chi connectivity index (χ1n) is 8.42. The number of anilines is 1. The minimum Gasteiger partial charge on any atom is -0.436 e. The third kappa shape index (κ3) is 3.48. The molecule has 134 valence electrons. The highest BCUT2D eigenvalue weighted by Crippen LogP contribution is 2.36. The van der Waals surface area contributed by atoms with Crippen LogP contribution in [0.5, 0.6) is 11.6 Å². The minimum absolute atomic E-state index is 0.143. The average molecular weight is 360 g/mol. The van der Waals surface area contributed by atoms with E-state index in [9.17, 15) is 9.59 Å². The topological polar surface area (TPSA) is 84.4 Å². The lowest BCUT2D eigenvalue weighted by atomic mass is 10.1. The number of benzene rings is 1. The molecule has 0 unspecified atom stereocenters. The van der Waals surface area contributed by atoms with Crippen molar-refractivity contribution in [3.05, 3.63) is 78.2 Å². The first-order valence-corrected chi connectivity index (χ1v) is 8.42. The van der Waals surface area contributed by atoms with Gasteiger partial charge in [-0.3, -0.25) is 19.5 Å². The van der Waals surface area contributed by atoms with Crippen molar-refractivity contribution < 1.29 is 14.3 Å². The van der Waals surface area contributed by atoms with Gasteiger partial charge in [-0.2, -0.15) is 0 Å². The standard InChI is InChI=1S/C20H16N4O3/c25-18(23-12-14-5-3-9-21-11-14)13-24-16-7-4-10-22-19(16)27-17-8-2-1-6-15(17)20(24)26/h1-11H,12-13H2,(H,23,25). The first kappa shape index (κ1) is 16.7. The molecule has 7 nitrogen and oxygen atoms in total. The van der Waals surface area contributed by atoms with Gasteiger partial charge in [0, 0.05) is 25.1 Å². The Morgan fingerprint density at radius 2 is 1.93 bits per heavy atom. The summed E-state index contributed by atoms with van der Waals surface area (Å²) in [6.45, 7) is 0.192. The number of fused-ring (bicyclic) bond motifs is 2. The third-order valence-electron chi connectivity index (χ3n) is 4.13. The normalized spacial score (nSPS) is 12.4. The summed E-state index contributed by atoms with van der Waals surface area (Å²) in [5.74, 6) is 0.104. The van der Waals surface area contributed by atoms with Crippen LogP contribution in [0.4, 0.5) is 5.69 Å². The molecule has 0 fully saturated rings. The van der Waals surface area contributed by atoms with Gasteiger partial charge in [0.25, 0.3) is 5.91 Å². The fraction of sp³-hybridized carbons (Fsp3) is 0.100. The van der Waals surface area contributed by atoms with Crippen molar-refractivity contribution >= 4 is 17.5 Å². The molecule has 27 heavy (non-hydrogen) atoms. The monoisotopic (exact) mass is 360 g/mol.